The van der Waals surface area contributed by atoms with E-state index in [2.05, 4.69) is 0 Å². The molecule has 2 aliphatic rings. The monoisotopic (exact) mass is 270 g/mol. The molecule has 0 N–H and O–H groups in total. The van der Waals surface area contributed by atoms with Gasteiger partial charge < -0.3 is 18.9 Å². The summed E-state index contributed by atoms with van der Waals surface area (Å²) in [5.74, 6) is -1.92. The second-order valence-electron chi connectivity index (χ2n) is 4.69. The van der Waals surface area contributed by atoms with E-state index in [1.165, 1.54) is 14.0 Å². The molecule has 0 aliphatic carbocycles. The summed E-state index contributed by atoms with van der Waals surface area (Å²) >= 11 is 0. The topological polar surface area (TPSA) is 71.1 Å². The lowest BCUT2D eigenvalue weighted by atomic mass is 9.94. The zero-order valence-electron chi connectivity index (χ0n) is 11.4. The molecular weight excluding hydrogens is 252 g/mol. The number of hydrogen-bond acceptors (Lipinski definition) is 6. The number of carbonyl (C=O) groups is 2. The molecule has 2 atom stereocenters. The van der Waals surface area contributed by atoms with Crippen LogP contribution in [-0.4, -0.2) is 37.5 Å². The molecule has 0 unspecified atom stereocenters. The van der Waals surface area contributed by atoms with Gasteiger partial charge >= 0.3 is 11.9 Å². The SMILES string of the molecule is COC1=C(C)C(=O)O[C@]2(CCCCO2)[C@H]1OC(C)=O. The van der Waals surface area contributed by atoms with E-state index in [1.807, 2.05) is 0 Å². The molecule has 0 bridgehead atoms. The molecule has 2 heterocycles. The highest BCUT2D eigenvalue weighted by molar-refractivity contribution is 5.90. The fourth-order valence-electron chi connectivity index (χ4n) is 2.43. The number of carbonyl (C=O) groups excluding carboxylic acids is 2. The Kier molecular flexibility index (Phi) is 3.80. The first-order valence-electron chi connectivity index (χ1n) is 6.29. The van der Waals surface area contributed by atoms with Crippen LogP contribution in [0.3, 0.4) is 0 Å². The number of rotatable bonds is 2. The Morgan fingerprint density at radius 3 is 2.68 bits per heavy atom. The van der Waals surface area contributed by atoms with Crippen LogP contribution in [0.2, 0.25) is 0 Å². The van der Waals surface area contributed by atoms with Gasteiger partial charge in [0.05, 0.1) is 19.3 Å². The van der Waals surface area contributed by atoms with Gasteiger partial charge in [-0.3, -0.25) is 4.79 Å². The summed E-state index contributed by atoms with van der Waals surface area (Å²) in [5, 5.41) is 0. The Bertz CT molecular complexity index is 419. The predicted molar refractivity (Wildman–Crippen MR) is 63.9 cm³/mol. The first-order valence-corrected chi connectivity index (χ1v) is 6.29. The summed E-state index contributed by atoms with van der Waals surface area (Å²) in [5.41, 5.74) is 0.300. The molecule has 1 saturated heterocycles. The van der Waals surface area contributed by atoms with Crippen LogP contribution in [-0.2, 0) is 28.5 Å². The highest BCUT2D eigenvalue weighted by Gasteiger charge is 2.54. The van der Waals surface area contributed by atoms with Gasteiger partial charge in [-0.2, -0.15) is 0 Å². The summed E-state index contributed by atoms with van der Waals surface area (Å²) in [6, 6.07) is 0. The summed E-state index contributed by atoms with van der Waals surface area (Å²) < 4.78 is 21.6. The normalized spacial score (nSPS) is 31.1. The van der Waals surface area contributed by atoms with Crippen molar-refractivity contribution in [3.63, 3.8) is 0 Å². The van der Waals surface area contributed by atoms with Crippen LogP contribution in [0.4, 0.5) is 0 Å². The Morgan fingerprint density at radius 1 is 1.42 bits per heavy atom. The number of hydrogen-bond donors (Lipinski definition) is 0. The minimum atomic E-state index is -1.24. The van der Waals surface area contributed by atoms with E-state index in [-0.39, 0.29) is 0 Å². The Hall–Kier alpha value is -1.56. The minimum Gasteiger partial charge on any atom is -0.496 e. The molecule has 1 spiro atoms. The molecular formula is C13H18O6. The summed E-state index contributed by atoms with van der Waals surface area (Å²) in [7, 11) is 1.43. The maximum Gasteiger partial charge on any atom is 0.339 e. The van der Waals surface area contributed by atoms with Crippen molar-refractivity contribution in [2.75, 3.05) is 13.7 Å². The molecule has 0 aromatic carbocycles. The fourth-order valence-corrected chi connectivity index (χ4v) is 2.43. The van der Waals surface area contributed by atoms with Gasteiger partial charge in [0.25, 0.3) is 5.79 Å². The van der Waals surface area contributed by atoms with Gasteiger partial charge in [-0.1, -0.05) is 0 Å². The maximum atomic E-state index is 11.9. The van der Waals surface area contributed by atoms with Crippen molar-refractivity contribution in [3.05, 3.63) is 11.3 Å². The summed E-state index contributed by atoms with van der Waals surface area (Å²) in [6.07, 6.45) is 1.36. The zero-order chi connectivity index (χ0) is 14.0. The molecule has 6 heteroatoms. The minimum absolute atomic E-state index is 0.299. The van der Waals surface area contributed by atoms with E-state index >= 15 is 0 Å². The fraction of sp³-hybridized carbons (Fsp3) is 0.692. The summed E-state index contributed by atoms with van der Waals surface area (Å²) in [4.78, 5) is 23.2. The lowest BCUT2D eigenvalue weighted by molar-refractivity contribution is -0.289. The Balaban J connectivity index is 2.41. The van der Waals surface area contributed by atoms with Crippen LogP contribution >= 0.6 is 0 Å². The van der Waals surface area contributed by atoms with Gasteiger partial charge in [0.15, 0.2) is 5.76 Å². The van der Waals surface area contributed by atoms with Gasteiger partial charge in [0, 0.05) is 13.3 Å². The van der Waals surface area contributed by atoms with E-state index in [4.69, 9.17) is 18.9 Å². The number of ether oxygens (including phenoxy) is 4. The van der Waals surface area contributed by atoms with Crippen molar-refractivity contribution in [2.24, 2.45) is 0 Å². The van der Waals surface area contributed by atoms with Gasteiger partial charge in [0.2, 0.25) is 6.10 Å². The van der Waals surface area contributed by atoms with Crippen molar-refractivity contribution < 1.29 is 28.5 Å². The van der Waals surface area contributed by atoms with Crippen molar-refractivity contribution in [1.82, 2.24) is 0 Å². The van der Waals surface area contributed by atoms with Gasteiger partial charge in [-0.05, 0) is 19.8 Å². The van der Waals surface area contributed by atoms with Crippen molar-refractivity contribution >= 4 is 11.9 Å². The second-order valence-corrected chi connectivity index (χ2v) is 4.69. The molecule has 19 heavy (non-hydrogen) atoms. The Labute approximate surface area is 111 Å². The third-order valence-electron chi connectivity index (χ3n) is 3.35. The molecule has 0 radical (unpaired) electrons. The highest BCUT2D eigenvalue weighted by Crippen LogP contribution is 2.40. The largest absolute Gasteiger partial charge is 0.496 e. The molecule has 0 aromatic rings. The molecule has 2 rings (SSSR count). The smallest absolute Gasteiger partial charge is 0.339 e. The van der Waals surface area contributed by atoms with Crippen molar-refractivity contribution in [2.45, 2.75) is 45.0 Å². The van der Waals surface area contributed by atoms with Crippen molar-refractivity contribution in [3.8, 4) is 0 Å². The maximum absolute atomic E-state index is 11.9. The van der Waals surface area contributed by atoms with Gasteiger partial charge in [-0.25, -0.2) is 4.79 Å². The average molecular weight is 270 g/mol. The van der Waals surface area contributed by atoms with Gasteiger partial charge in [-0.15, -0.1) is 0 Å². The molecule has 6 nitrogen and oxygen atoms in total. The van der Waals surface area contributed by atoms with Crippen LogP contribution in [0, 0.1) is 0 Å². The predicted octanol–water partition coefficient (Wildman–Crippen LogP) is 1.29. The van der Waals surface area contributed by atoms with Crippen LogP contribution in [0.15, 0.2) is 11.3 Å². The molecule has 0 aromatic heterocycles. The first kappa shape index (κ1) is 13.9. The van der Waals surface area contributed by atoms with E-state index < -0.39 is 23.8 Å². The van der Waals surface area contributed by atoms with Gasteiger partial charge in [0.1, 0.15) is 0 Å². The summed E-state index contributed by atoms with van der Waals surface area (Å²) in [6.45, 7) is 3.34. The van der Waals surface area contributed by atoms with Crippen LogP contribution in [0.1, 0.15) is 33.1 Å². The first-order chi connectivity index (χ1) is 9.00. The van der Waals surface area contributed by atoms with E-state index in [0.29, 0.717) is 24.4 Å². The number of esters is 2. The highest BCUT2D eigenvalue weighted by atomic mass is 16.7. The second kappa shape index (κ2) is 5.21. The third-order valence-corrected chi connectivity index (χ3v) is 3.35. The Morgan fingerprint density at radius 2 is 2.16 bits per heavy atom. The standard InChI is InChI=1S/C13H18O6/c1-8-10(16-3)11(18-9(2)14)13(19-12(8)15)6-4-5-7-17-13/h11H,4-7H2,1-3H3/t11-,13+/m0/s1. The quantitative estimate of drug-likeness (QED) is 0.704. The lowest BCUT2D eigenvalue weighted by Gasteiger charge is -2.44. The van der Waals surface area contributed by atoms with Crippen LogP contribution in [0.25, 0.3) is 0 Å². The van der Waals surface area contributed by atoms with Crippen molar-refractivity contribution in [1.29, 1.82) is 0 Å². The van der Waals surface area contributed by atoms with Crippen LogP contribution < -0.4 is 0 Å². The van der Waals surface area contributed by atoms with E-state index in [0.717, 1.165) is 12.8 Å². The molecule has 0 amide bonds. The average Bonchev–Trinajstić information content (AvgIpc) is 2.37. The molecule has 1 fully saturated rings. The van der Waals surface area contributed by atoms with E-state index in [1.54, 1.807) is 6.92 Å². The molecule has 2 aliphatic heterocycles. The number of methoxy groups -OCH3 is 1. The lowest BCUT2D eigenvalue weighted by Crippen LogP contribution is -2.56. The zero-order valence-corrected chi connectivity index (χ0v) is 11.4. The third kappa shape index (κ3) is 2.45. The molecule has 0 saturated carbocycles. The van der Waals surface area contributed by atoms with E-state index in [9.17, 15) is 9.59 Å². The molecule has 106 valence electrons. The van der Waals surface area contributed by atoms with Crippen LogP contribution in [0.5, 0.6) is 0 Å².